The van der Waals surface area contributed by atoms with Crippen LogP contribution >= 0.6 is 11.3 Å². The first-order valence-corrected chi connectivity index (χ1v) is 13.7. The first-order chi connectivity index (χ1) is 18.0. The molecular weight excluding hydrogens is 486 g/mol. The van der Waals surface area contributed by atoms with Gasteiger partial charge >= 0.3 is 0 Å². The van der Waals surface area contributed by atoms with E-state index in [4.69, 9.17) is 9.97 Å². The fraction of sp³-hybridized carbons (Fsp3) is 0.407. The minimum Gasteiger partial charge on any atom is -0.368 e. The van der Waals surface area contributed by atoms with Gasteiger partial charge in [0.2, 0.25) is 17.8 Å². The summed E-state index contributed by atoms with van der Waals surface area (Å²) in [7, 11) is 0. The number of nitrogens with zero attached hydrogens (tertiary/aromatic N) is 4. The maximum Gasteiger partial charge on any atom is 0.243 e. The summed E-state index contributed by atoms with van der Waals surface area (Å²) in [5.74, 6) is 1.44. The Bertz CT molecular complexity index is 1260. The molecule has 0 spiro atoms. The number of thiophene rings is 1. The van der Waals surface area contributed by atoms with Crippen LogP contribution in [0.2, 0.25) is 0 Å². The molecule has 0 radical (unpaired) electrons. The third-order valence-electron chi connectivity index (χ3n) is 7.12. The highest BCUT2D eigenvalue weighted by atomic mass is 32.1. The molecule has 1 aromatic carbocycles. The smallest absolute Gasteiger partial charge is 0.243 e. The van der Waals surface area contributed by atoms with Gasteiger partial charge in [-0.1, -0.05) is 6.58 Å². The lowest BCUT2D eigenvalue weighted by molar-refractivity contribution is -0.129. The van der Waals surface area contributed by atoms with Crippen molar-refractivity contribution < 1.29 is 9.59 Å². The lowest BCUT2D eigenvalue weighted by Crippen LogP contribution is -2.48. The Morgan fingerprint density at radius 3 is 2.38 bits per heavy atom. The van der Waals surface area contributed by atoms with E-state index in [1.165, 1.54) is 6.08 Å². The van der Waals surface area contributed by atoms with Gasteiger partial charge in [-0.2, -0.15) is 4.98 Å². The summed E-state index contributed by atoms with van der Waals surface area (Å²) < 4.78 is 1.05. The second-order valence-electron chi connectivity index (χ2n) is 9.60. The zero-order valence-corrected chi connectivity index (χ0v) is 21.9. The predicted molar refractivity (Wildman–Crippen MR) is 150 cm³/mol. The van der Waals surface area contributed by atoms with Gasteiger partial charge in [0, 0.05) is 56.6 Å². The first-order valence-electron chi connectivity index (χ1n) is 12.8. The van der Waals surface area contributed by atoms with Gasteiger partial charge in [-0.25, -0.2) is 4.98 Å². The van der Waals surface area contributed by atoms with Gasteiger partial charge in [-0.3, -0.25) is 9.59 Å². The molecule has 3 N–H and O–H groups in total. The van der Waals surface area contributed by atoms with Crippen LogP contribution in [0.4, 0.5) is 23.1 Å². The van der Waals surface area contributed by atoms with Gasteiger partial charge in [-0.05, 0) is 67.5 Å². The summed E-state index contributed by atoms with van der Waals surface area (Å²) in [5.41, 5.74) is 2.98. The van der Waals surface area contributed by atoms with Crippen molar-refractivity contribution in [3.8, 4) is 0 Å². The molecule has 2 aromatic heterocycles. The Labute approximate surface area is 221 Å². The van der Waals surface area contributed by atoms with Gasteiger partial charge < -0.3 is 25.8 Å². The molecule has 1 saturated carbocycles. The van der Waals surface area contributed by atoms with Crippen molar-refractivity contribution in [3.63, 3.8) is 0 Å². The SMILES string of the molecule is C=CC(=O)N[C@H]1CC[C@@H](Nc2nc(Nc3ccc(N4CCN(C(C)=O)CC4)cc3)nc3ccsc23)CC1. The molecule has 37 heavy (non-hydrogen) atoms. The fourth-order valence-corrected chi connectivity index (χ4v) is 5.80. The van der Waals surface area contributed by atoms with Crippen LogP contribution in [0.15, 0.2) is 48.4 Å². The Morgan fingerprint density at radius 2 is 1.70 bits per heavy atom. The topological polar surface area (TPSA) is 102 Å². The van der Waals surface area contributed by atoms with Crippen LogP contribution < -0.4 is 20.9 Å². The number of carbonyl (C=O) groups excluding carboxylic acids is 2. The normalized spacial score (nSPS) is 19.9. The van der Waals surface area contributed by atoms with E-state index in [2.05, 4.69) is 39.6 Å². The number of piperazine rings is 1. The van der Waals surface area contributed by atoms with E-state index >= 15 is 0 Å². The number of nitrogens with one attached hydrogen (secondary N) is 3. The Morgan fingerprint density at radius 1 is 1.00 bits per heavy atom. The van der Waals surface area contributed by atoms with Crippen molar-refractivity contribution in [3.05, 3.63) is 48.4 Å². The average Bonchev–Trinajstić information content (AvgIpc) is 3.39. The van der Waals surface area contributed by atoms with Crippen LogP contribution in [-0.4, -0.2) is 64.9 Å². The maximum atomic E-state index is 11.6. The molecule has 2 aliphatic rings. The molecule has 3 aromatic rings. The third kappa shape index (κ3) is 6.02. The van der Waals surface area contributed by atoms with E-state index in [-0.39, 0.29) is 17.9 Å². The summed E-state index contributed by atoms with van der Waals surface area (Å²) >= 11 is 1.64. The van der Waals surface area contributed by atoms with E-state index in [0.717, 1.165) is 79.3 Å². The average molecular weight is 520 g/mol. The van der Waals surface area contributed by atoms with E-state index in [1.54, 1.807) is 18.3 Å². The van der Waals surface area contributed by atoms with Gasteiger partial charge in [0.25, 0.3) is 0 Å². The number of anilines is 4. The van der Waals surface area contributed by atoms with Gasteiger partial charge in [0.1, 0.15) is 5.82 Å². The van der Waals surface area contributed by atoms with Crippen LogP contribution in [0.1, 0.15) is 32.6 Å². The summed E-state index contributed by atoms with van der Waals surface area (Å²) in [6, 6.07) is 10.8. The third-order valence-corrected chi connectivity index (χ3v) is 8.03. The van der Waals surface area contributed by atoms with Crippen molar-refractivity contribution in [1.29, 1.82) is 0 Å². The van der Waals surface area contributed by atoms with Crippen molar-refractivity contribution in [1.82, 2.24) is 20.2 Å². The highest BCUT2D eigenvalue weighted by Gasteiger charge is 2.23. The molecule has 0 bridgehead atoms. The zero-order valence-electron chi connectivity index (χ0n) is 21.1. The van der Waals surface area contributed by atoms with E-state index in [0.29, 0.717) is 12.0 Å². The highest BCUT2D eigenvalue weighted by Crippen LogP contribution is 2.31. The second kappa shape index (κ2) is 11.2. The lowest BCUT2D eigenvalue weighted by atomic mass is 9.91. The molecule has 2 fully saturated rings. The number of aromatic nitrogens is 2. The van der Waals surface area contributed by atoms with Crippen LogP contribution in [0.25, 0.3) is 10.2 Å². The van der Waals surface area contributed by atoms with Crippen LogP contribution in [0, 0.1) is 0 Å². The number of rotatable bonds is 7. The van der Waals surface area contributed by atoms with Gasteiger partial charge in [0.15, 0.2) is 0 Å². The van der Waals surface area contributed by atoms with Crippen molar-refractivity contribution in [2.75, 3.05) is 41.7 Å². The minimum atomic E-state index is -0.105. The highest BCUT2D eigenvalue weighted by molar-refractivity contribution is 7.17. The molecule has 1 aliphatic heterocycles. The monoisotopic (exact) mass is 519 g/mol. The summed E-state index contributed by atoms with van der Waals surface area (Å²) in [4.78, 5) is 36.9. The second-order valence-corrected chi connectivity index (χ2v) is 10.5. The van der Waals surface area contributed by atoms with E-state index in [1.807, 2.05) is 28.5 Å². The van der Waals surface area contributed by atoms with Crippen molar-refractivity contribution in [2.24, 2.45) is 0 Å². The van der Waals surface area contributed by atoms with Crippen molar-refractivity contribution in [2.45, 2.75) is 44.7 Å². The standard InChI is InChI=1S/C27H33N7O2S/c1-3-24(36)28-19-4-6-20(7-5-19)29-26-25-23(12-17-37-25)31-27(32-26)30-21-8-10-22(11-9-21)34-15-13-33(14-16-34)18(2)35/h3,8-12,17,19-20H,1,4-7,13-16H2,2H3,(H,28,36)(H2,29,30,31,32)/t19-,20+. The molecule has 0 atom stereocenters. The molecule has 10 heteroatoms. The summed E-state index contributed by atoms with van der Waals surface area (Å²) in [6.45, 7) is 8.34. The van der Waals surface area contributed by atoms with Crippen molar-refractivity contribution >= 4 is 56.5 Å². The van der Waals surface area contributed by atoms with E-state index < -0.39 is 0 Å². The summed E-state index contributed by atoms with van der Waals surface area (Å²) in [6.07, 6.45) is 5.11. The Kier molecular flexibility index (Phi) is 7.55. The zero-order chi connectivity index (χ0) is 25.8. The molecular formula is C27H33N7O2S. The van der Waals surface area contributed by atoms with Gasteiger partial charge in [-0.15, -0.1) is 11.3 Å². The largest absolute Gasteiger partial charge is 0.368 e. The van der Waals surface area contributed by atoms with Crippen LogP contribution in [0.5, 0.6) is 0 Å². The number of amides is 2. The van der Waals surface area contributed by atoms with Crippen LogP contribution in [0.3, 0.4) is 0 Å². The van der Waals surface area contributed by atoms with E-state index in [9.17, 15) is 9.59 Å². The molecule has 3 heterocycles. The Hall–Kier alpha value is -3.66. The van der Waals surface area contributed by atoms with Crippen LogP contribution in [-0.2, 0) is 9.59 Å². The number of hydrogen-bond acceptors (Lipinski definition) is 8. The lowest BCUT2D eigenvalue weighted by Gasteiger charge is -2.35. The summed E-state index contributed by atoms with van der Waals surface area (Å²) in [5, 5.41) is 12.1. The predicted octanol–water partition coefficient (Wildman–Crippen LogP) is 4.13. The molecule has 1 saturated heterocycles. The molecule has 0 unspecified atom stereocenters. The molecule has 194 valence electrons. The molecule has 9 nitrogen and oxygen atoms in total. The number of fused-ring (bicyclic) bond motifs is 1. The fourth-order valence-electron chi connectivity index (χ4n) is 5.02. The molecule has 1 aliphatic carbocycles. The molecule has 2 amide bonds. The Balaban J connectivity index is 1.23. The number of benzene rings is 1. The van der Waals surface area contributed by atoms with Gasteiger partial charge in [0.05, 0.1) is 10.2 Å². The maximum absolute atomic E-state index is 11.6. The minimum absolute atomic E-state index is 0.105. The number of carbonyl (C=O) groups is 2. The quantitative estimate of drug-likeness (QED) is 0.404. The number of hydrogen-bond donors (Lipinski definition) is 3. The first kappa shape index (κ1) is 25.0. The molecule has 5 rings (SSSR count).